The summed E-state index contributed by atoms with van der Waals surface area (Å²) in [5.74, 6) is 0.574. The molecular weight excluding hydrogens is 200 g/mol. The fraction of sp³-hybridized carbons (Fsp3) is 0.923. The molecule has 4 atom stereocenters. The summed E-state index contributed by atoms with van der Waals surface area (Å²) in [7, 11) is 2.03. The first-order valence-corrected chi connectivity index (χ1v) is 6.26. The van der Waals surface area contributed by atoms with Gasteiger partial charge < -0.3 is 10.0 Å². The highest BCUT2D eigenvalue weighted by atomic mass is 16.3. The number of likely N-dealkylation sites (tertiary alicyclic amines) is 1. The molecule has 90 valence electrons. The van der Waals surface area contributed by atoms with Gasteiger partial charge in [0, 0.05) is 12.6 Å². The molecule has 0 aromatic carbocycles. The lowest BCUT2D eigenvalue weighted by Gasteiger charge is -2.37. The Hall–Kier alpha value is -0.590. The van der Waals surface area contributed by atoms with Crippen LogP contribution in [0.15, 0.2) is 0 Å². The van der Waals surface area contributed by atoms with Crippen LogP contribution in [0.4, 0.5) is 0 Å². The Kier molecular flexibility index (Phi) is 2.76. The van der Waals surface area contributed by atoms with E-state index < -0.39 is 11.0 Å². The first-order valence-electron chi connectivity index (χ1n) is 6.26. The standard InChI is InChI=1S/C13H22N2O/c1-10-4-5-12(6-10,8-14)13(16)7-11(2)15(3)9-13/h10-11,16H,4-7,9H2,1-3H3. The third kappa shape index (κ3) is 1.56. The van der Waals surface area contributed by atoms with Gasteiger partial charge in [-0.05, 0) is 45.6 Å². The van der Waals surface area contributed by atoms with E-state index in [0.29, 0.717) is 18.5 Å². The number of hydrogen-bond acceptors (Lipinski definition) is 3. The predicted octanol–water partition coefficient (Wildman–Crippen LogP) is 1.77. The van der Waals surface area contributed by atoms with Crippen LogP contribution >= 0.6 is 0 Å². The second kappa shape index (κ2) is 3.72. The van der Waals surface area contributed by atoms with Crippen LogP contribution in [0, 0.1) is 22.7 Å². The lowest BCUT2D eigenvalue weighted by Crippen LogP contribution is -2.48. The molecule has 0 radical (unpaired) electrons. The molecule has 0 bridgehead atoms. The molecule has 3 heteroatoms. The molecule has 1 saturated heterocycles. The zero-order valence-corrected chi connectivity index (χ0v) is 10.5. The first-order chi connectivity index (χ1) is 7.42. The maximum Gasteiger partial charge on any atom is 0.0974 e. The van der Waals surface area contributed by atoms with Crippen LogP contribution < -0.4 is 0 Å². The van der Waals surface area contributed by atoms with Crippen LogP contribution in [0.1, 0.15) is 39.5 Å². The number of β-amino-alcohol motifs (C(OH)–C–C–N with tert-alkyl or cyclic N) is 1. The summed E-state index contributed by atoms with van der Waals surface area (Å²) in [5.41, 5.74) is -1.29. The SMILES string of the molecule is CC1CCC(C#N)(C2(O)CC(C)N(C)C2)C1. The molecule has 1 aliphatic heterocycles. The molecule has 0 spiro atoms. The minimum atomic E-state index is -0.791. The summed E-state index contributed by atoms with van der Waals surface area (Å²) in [6.07, 6.45) is 3.54. The fourth-order valence-electron chi connectivity index (χ4n) is 3.54. The van der Waals surface area contributed by atoms with Gasteiger partial charge in [0.15, 0.2) is 0 Å². The molecule has 2 fully saturated rings. The molecule has 1 aliphatic carbocycles. The Morgan fingerprint density at radius 3 is 2.44 bits per heavy atom. The molecule has 2 aliphatic rings. The zero-order valence-electron chi connectivity index (χ0n) is 10.5. The Balaban J connectivity index is 2.26. The molecule has 16 heavy (non-hydrogen) atoms. The van der Waals surface area contributed by atoms with Crippen molar-refractivity contribution >= 4 is 0 Å². The van der Waals surface area contributed by atoms with E-state index in [9.17, 15) is 10.4 Å². The van der Waals surface area contributed by atoms with Crippen molar-refractivity contribution in [3.8, 4) is 6.07 Å². The maximum atomic E-state index is 10.8. The third-order valence-corrected chi connectivity index (χ3v) is 4.76. The second-order valence-electron chi connectivity index (χ2n) is 6.04. The van der Waals surface area contributed by atoms with Crippen molar-refractivity contribution in [1.29, 1.82) is 5.26 Å². The molecule has 0 amide bonds. The number of hydrogen-bond donors (Lipinski definition) is 1. The van der Waals surface area contributed by atoms with E-state index in [1.165, 1.54) is 0 Å². The summed E-state index contributed by atoms with van der Waals surface area (Å²) in [4.78, 5) is 2.17. The van der Waals surface area contributed by atoms with E-state index in [0.717, 1.165) is 25.7 Å². The van der Waals surface area contributed by atoms with Crippen molar-refractivity contribution in [3.05, 3.63) is 0 Å². The van der Waals surface area contributed by atoms with Crippen LogP contribution in [0.2, 0.25) is 0 Å². The lowest BCUT2D eigenvalue weighted by molar-refractivity contribution is -0.0435. The highest BCUT2D eigenvalue weighted by Gasteiger charge is 2.57. The normalized spacial score (nSPS) is 49.4. The van der Waals surface area contributed by atoms with Crippen LogP contribution in [0.3, 0.4) is 0 Å². The van der Waals surface area contributed by atoms with E-state index in [4.69, 9.17) is 0 Å². The zero-order chi connectivity index (χ0) is 12.0. The molecule has 2 rings (SSSR count). The van der Waals surface area contributed by atoms with Crippen molar-refractivity contribution in [2.75, 3.05) is 13.6 Å². The Morgan fingerprint density at radius 2 is 2.06 bits per heavy atom. The number of rotatable bonds is 1. The molecule has 1 heterocycles. The number of nitrogens with zero attached hydrogens (tertiary/aromatic N) is 2. The topological polar surface area (TPSA) is 47.3 Å². The van der Waals surface area contributed by atoms with Crippen molar-refractivity contribution in [2.24, 2.45) is 11.3 Å². The Labute approximate surface area is 98.1 Å². The number of likely N-dealkylation sites (N-methyl/N-ethyl adjacent to an activating group) is 1. The fourth-order valence-corrected chi connectivity index (χ4v) is 3.54. The predicted molar refractivity (Wildman–Crippen MR) is 62.7 cm³/mol. The van der Waals surface area contributed by atoms with Crippen molar-refractivity contribution in [2.45, 2.75) is 51.2 Å². The molecule has 1 saturated carbocycles. The molecule has 3 nitrogen and oxygen atoms in total. The quantitative estimate of drug-likeness (QED) is 0.735. The first kappa shape index (κ1) is 11.9. The van der Waals surface area contributed by atoms with Gasteiger partial charge in [-0.25, -0.2) is 0 Å². The van der Waals surface area contributed by atoms with Crippen molar-refractivity contribution in [1.82, 2.24) is 4.90 Å². The average molecular weight is 222 g/mol. The maximum absolute atomic E-state index is 10.8. The summed E-state index contributed by atoms with van der Waals surface area (Å²) < 4.78 is 0. The third-order valence-electron chi connectivity index (χ3n) is 4.76. The van der Waals surface area contributed by atoms with Gasteiger partial charge in [-0.3, -0.25) is 0 Å². The second-order valence-corrected chi connectivity index (χ2v) is 6.04. The van der Waals surface area contributed by atoms with Crippen LogP contribution in [-0.4, -0.2) is 35.2 Å². The molecular formula is C13H22N2O. The highest BCUT2D eigenvalue weighted by molar-refractivity contribution is 5.18. The van der Waals surface area contributed by atoms with Crippen molar-refractivity contribution < 1.29 is 5.11 Å². The van der Waals surface area contributed by atoms with Crippen LogP contribution in [0.25, 0.3) is 0 Å². The largest absolute Gasteiger partial charge is 0.387 e. The summed E-state index contributed by atoms with van der Waals surface area (Å²) in [5, 5.41) is 20.3. The average Bonchev–Trinajstić information content (AvgIpc) is 2.71. The van der Waals surface area contributed by atoms with E-state index >= 15 is 0 Å². The van der Waals surface area contributed by atoms with E-state index in [1.54, 1.807) is 0 Å². The van der Waals surface area contributed by atoms with Gasteiger partial charge in [-0.1, -0.05) is 6.92 Å². The van der Waals surface area contributed by atoms with Crippen LogP contribution in [0.5, 0.6) is 0 Å². The monoisotopic (exact) mass is 222 g/mol. The summed E-state index contributed by atoms with van der Waals surface area (Å²) in [6, 6.07) is 2.84. The van der Waals surface area contributed by atoms with Crippen molar-refractivity contribution in [3.63, 3.8) is 0 Å². The van der Waals surface area contributed by atoms with Crippen LogP contribution in [-0.2, 0) is 0 Å². The lowest BCUT2D eigenvalue weighted by atomic mass is 9.70. The number of aliphatic hydroxyl groups is 1. The highest BCUT2D eigenvalue weighted by Crippen LogP contribution is 2.52. The van der Waals surface area contributed by atoms with Gasteiger partial charge in [0.1, 0.15) is 0 Å². The van der Waals surface area contributed by atoms with Gasteiger partial charge in [0.25, 0.3) is 0 Å². The van der Waals surface area contributed by atoms with Gasteiger partial charge in [-0.15, -0.1) is 0 Å². The van der Waals surface area contributed by atoms with E-state index in [1.807, 2.05) is 7.05 Å². The summed E-state index contributed by atoms with van der Waals surface area (Å²) in [6.45, 7) is 4.96. The van der Waals surface area contributed by atoms with Gasteiger partial charge >= 0.3 is 0 Å². The molecule has 0 aromatic rings. The van der Waals surface area contributed by atoms with Gasteiger partial charge in [0.05, 0.1) is 17.1 Å². The summed E-state index contributed by atoms with van der Waals surface area (Å²) >= 11 is 0. The number of nitriles is 1. The molecule has 0 aromatic heterocycles. The smallest absolute Gasteiger partial charge is 0.0974 e. The van der Waals surface area contributed by atoms with E-state index in [2.05, 4.69) is 24.8 Å². The van der Waals surface area contributed by atoms with Gasteiger partial charge in [-0.2, -0.15) is 5.26 Å². The minimum Gasteiger partial charge on any atom is -0.387 e. The van der Waals surface area contributed by atoms with Gasteiger partial charge in [0.2, 0.25) is 0 Å². The Bertz CT molecular complexity index is 312. The Morgan fingerprint density at radius 1 is 1.38 bits per heavy atom. The molecule has 1 N–H and O–H groups in total. The molecule has 4 unspecified atom stereocenters. The van der Waals surface area contributed by atoms with E-state index in [-0.39, 0.29) is 0 Å². The minimum absolute atomic E-state index is 0.381.